The molecule has 0 fully saturated rings. The van der Waals surface area contributed by atoms with Gasteiger partial charge in [0.2, 0.25) is 0 Å². The Morgan fingerprint density at radius 1 is 1.05 bits per heavy atom. The maximum atomic E-state index is 9.36. The second kappa shape index (κ2) is 9.44. The van der Waals surface area contributed by atoms with Crippen LogP contribution in [0.1, 0.15) is 65.0 Å². The number of aromatic nitrogens is 2. The minimum atomic E-state index is -2.44. The van der Waals surface area contributed by atoms with Crippen LogP contribution in [0.25, 0.3) is 0 Å². The van der Waals surface area contributed by atoms with Gasteiger partial charge in [-0.25, -0.2) is 0 Å². The van der Waals surface area contributed by atoms with Crippen LogP contribution in [-0.4, -0.2) is 28.6 Å². The van der Waals surface area contributed by atoms with Gasteiger partial charge in [-0.3, -0.25) is 0 Å². The molecule has 1 aromatic rings. The summed E-state index contributed by atoms with van der Waals surface area (Å²) < 4.78 is 5.54. The van der Waals surface area contributed by atoms with Crippen molar-refractivity contribution in [1.29, 1.82) is 5.26 Å². The molecule has 0 radical (unpaired) electrons. The third-order valence-electron chi connectivity index (χ3n) is 4.35. The molecule has 1 aromatic heterocycles. The van der Waals surface area contributed by atoms with E-state index in [1.165, 1.54) is 55.4 Å². The summed E-state index contributed by atoms with van der Waals surface area (Å²) in [5, 5.41) is 16.5. The van der Waals surface area contributed by atoms with Crippen molar-refractivity contribution in [2.45, 2.75) is 72.6 Å². The number of rotatable bonds is 10. The van der Waals surface area contributed by atoms with Crippen LogP contribution in [0, 0.1) is 11.3 Å². The number of nitrogens with one attached hydrogen (secondary N) is 1. The molecule has 0 aliphatic carbocycles. The normalized spacial score (nSPS) is 11.5. The molecule has 0 aromatic carbocycles. The standard InChI is InChI=1S/C4H2N3.3C4H9.Sn/c5-3-4-1-2-6-7-4;3*1-3-4-2;/h2H,(H,6,7);3*1,3-4H2,2H3;. The van der Waals surface area contributed by atoms with Crippen LogP contribution < -0.4 is 3.58 Å². The zero-order valence-corrected chi connectivity index (χ0v) is 16.2. The van der Waals surface area contributed by atoms with Crippen molar-refractivity contribution in [3.05, 3.63) is 11.9 Å². The van der Waals surface area contributed by atoms with E-state index in [0.717, 1.165) is 5.69 Å². The number of hydrogen-bond donors (Lipinski definition) is 1. The van der Waals surface area contributed by atoms with Crippen molar-refractivity contribution in [1.82, 2.24) is 10.2 Å². The van der Waals surface area contributed by atoms with E-state index in [-0.39, 0.29) is 0 Å². The molecule has 0 atom stereocenters. The van der Waals surface area contributed by atoms with Crippen LogP contribution in [0.15, 0.2) is 6.20 Å². The molecular formula is C16H29N3Sn. The van der Waals surface area contributed by atoms with Gasteiger partial charge in [0.05, 0.1) is 0 Å². The Balaban J connectivity index is 3.09. The first-order chi connectivity index (χ1) is 9.74. The van der Waals surface area contributed by atoms with Crippen LogP contribution in [0.2, 0.25) is 13.3 Å². The zero-order valence-electron chi connectivity index (χ0n) is 13.3. The van der Waals surface area contributed by atoms with Crippen molar-refractivity contribution < 1.29 is 0 Å². The van der Waals surface area contributed by atoms with Crippen molar-refractivity contribution in [3.63, 3.8) is 0 Å². The van der Waals surface area contributed by atoms with Crippen LogP contribution in [0.3, 0.4) is 0 Å². The summed E-state index contributed by atoms with van der Waals surface area (Å²) in [4.78, 5) is 0. The van der Waals surface area contributed by atoms with Crippen LogP contribution in [0.4, 0.5) is 0 Å². The average Bonchev–Trinajstić information content (AvgIpc) is 2.96. The van der Waals surface area contributed by atoms with E-state index in [1.807, 2.05) is 6.20 Å². The van der Waals surface area contributed by atoms with Crippen molar-refractivity contribution >= 4 is 22.0 Å². The molecule has 0 bridgehead atoms. The number of nitrogens with zero attached hydrogens (tertiary/aromatic N) is 2. The van der Waals surface area contributed by atoms with Gasteiger partial charge in [-0.05, 0) is 0 Å². The summed E-state index contributed by atoms with van der Waals surface area (Å²) in [6, 6.07) is 2.34. The SMILES string of the molecule is CCC[CH2][Sn]([CH2]CCC)([CH2]CCC)[c]1cn[nH]c1C#N. The fraction of sp³-hybridized carbons (Fsp3) is 0.750. The van der Waals surface area contributed by atoms with Gasteiger partial charge in [0, 0.05) is 0 Å². The van der Waals surface area contributed by atoms with Crippen LogP contribution in [-0.2, 0) is 0 Å². The second-order valence-electron chi connectivity index (χ2n) is 5.86. The van der Waals surface area contributed by atoms with Crippen LogP contribution >= 0.6 is 0 Å². The molecule has 4 heteroatoms. The van der Waals surface area contributed by atoms with Gasteiger partial charge in [0.1, 0.15) is 0 Å². The average molecular weight is 382 g/mol. The number of hydrogen-bond acceptors (Lipinski definition) is 2. The molecule has 3 nitrogen and oxygen atoms in total. The molecule has 0 spiro atoms. The van der Waals surface area contributed by atoms with E-state index in [0.29, 0.717) is 0 Å². The molecule has 1 N–H and O–H groups in total. The summed E-state index contributed by atoms with van der Waals surface area (Å²) in [6.45, 7) is 6.82. The third kappa shape index (κ3) is 4.51. The quantitative estimate of drug-likeness (QED) is 0.613. The minimum absolute atomic E-state index is 0.768. The fourth-order valence-corrected chi connectivity index (χ4v) is 19.2. The molecule has 0 aliphatic heterocycles. The Bertz CT molecular complexity index is 398. The van der Waals surface area contributed by atoms with Gasteiger partial charge in [-0.1, -0.05) is 0 Å². The summed E-state index contributed by atoms with van der Waals surface area (Å²) in [5.41, 5.74) is 0.768. The Kier molecular flexibility index (Phi) is 8.28. The predicted molar refractivity (Wildman–Crippen MR) is 87.8 cm³/mol. The van der Waals surface area contributed by atoms with Gasteiger partial charge in [-0.2, -0.15) is 0 Å². The van der Waals surface area contributed by atoms with E-state index < -0.39 is 18.4 Å². The Labute approximate surface area is 128 Å². The monoisotopic (exact) mass is 383 g/mol. The molecule has 0 saturated carbocycles. The van der Waals surface area contributed by atoms with Crippen molar-refractivity contribution in [2.24, 2.45) is 0 Å². The number of aromatic amines is 1. The molecular weight excluding hydrogens is 353 g/mol. The van der Waals surface area contributed by atoms with Gasteiger partial charge < -0.3 is 0 Å². The number of H-pyrrole nitrogens is 1. The van der Waals surface area contributed by atoms with E-state index in [2.05, 4.69) is 37.0 Å². The molecule has 0 aliphatic rings. The van der Waals surface area contributed by atoms with Crippen LogP contribution in [0.5, 0.6) is 0 Å². The van der Waals surface area contributed by atoms with E-state index in [4.69, 9.17) is 0 Å². The van der Waals surface area contributed by atoms with Crippen molar-refractivity contribution in [2.75, 3.05) is 0 Å². The first kappa shape index (κ1) is 17.5. The molecule has 0 saturated heterocycles. The van der Waals surface area contributed by atoms with E-state index in [9.17, 15) is 5.26 Å². The first-order valence-electron chi connectivity index (χ1n) is 8.18. The second-order valence-corrected chi connectivity index (χ2v) is 19.0. The van der Waals surface area contributed by atoms with Gasteiger partial charge in [0.25, 0.3) is 0 Å². The number of unbranched alkanes of at least 4 members (excludes halogenated alkanes) is 3. The Hall–Kier alpha value is -0.501. The molecule has 20 heavy (non-hydrogen) atoms. The van der Waals surface area contributed by atoms with Gasteiger partial charge >= 0.3 is 128 Å². The molecule has 1 rings (SSSR count). The summed E-state index contributed by atoms with van der Waals surface area (Å²) in [6.07, 6.45) is 9.73. The Morgan fingerprint density at radius 2 is 1.55 bits per heavy atom. The Morgan fingerprint density at radius 3 is 1.95 bits per heavy atom. The predicted octanol–water partition coefficient (Wildman–Crippen LogP) is 4.34. The molecule has 112 valence electrons. The maximum absolute atomic E-state index is 9.36. The molecule has 0 unspecified atom stereocenters. The first-order valence-corrected chi connectivity index (χ1v) is 15.7. The van der Waals surface area contributed by atoms with Gasteiger partial charge in [0.15, 0.2) is 0 Å². The topological polar surface area (TPSA) is 52.5 Å². The summed E-state index contributed by atoms with van der Waals surface area (Å²) in [5.74, 6) is 0. The van der Waals surface area contributed by atoms with Gasteiger partial charge in [-0.15, -0.1) is 0 Å². The molecule has 1 heterocycles. The fourth-order valence-electron chi connectivity index (χ4n) is 3.10. The van der Waals surface area contributed by atoms with Crippen molar-refractivity contribution in [3.8, 4) is 6.07 Å². The molecule has 0 amide bonds. The number of nitriles is 1. The van der Waals surface area contributed by atoms with E-state index >= 15 is 0 Å². The zero-order chi connectivity index (χ0) is 14.8. The third-order valence-corrected chi connectivity index (χ3v) is 19.9. The summed E-state index contributed by atoms with van der Waals surface area (Å²) in [7, 11) is 0. The van der Waals surface area contributed by atoms with E-state index in [1.54, 1.807) is 0 Å². The summed E-state index contributed by atoms with van der Waals surface area (Å²) >= 11 is -2.44.